The molecule has 0 radical (unpaired) electrons. The number of carbonyl (C=O) groups is 1. The molecule has 0 spiro atoms. The van der Waals surface area contributed by atoms with Crippen molar-refractivity contribution in [2.75, 3.05) is 7.11 Å². The van der Waals surface area contributed by atoms with Crippen LogP contribution in [0.3, 0.4) is 0 Å². The maximum Gasteiger partial charge on any atom is 0.357 e. The van der Waals surface area contributed by atoms with Gasteiger partial charge in [-0.3, -0.25) is 0 Å². The van der Waals surface area contributed by atoms with E-state index in [9.17, 15) is 4.79 Å². The van der Waals surface area contributed by atoms with Crippen molar-refractivity contribution in [2.24, 2.45) is 0 Å². The van der Waals surface area contributed by atoms with Crippen LogP contribution in [0.2, 0.25) is 0 Å². The van der Waals surface area contributed by atoms with Gasteiger partial charge in [0.05, 0.1) is 18.9 Å². The van der Waals surface area contributed by atoms with Crippen LogP contribution in [0.25, 0.3) is 22.0 Å². The zero-order valence-corrected chi connectivity index (χ0v) is 13.9. The minimum absolute atomic E-state index is 0.126. The van der Waals surface area contributed by atoms with Crippen molar-refractivity contribution in [3.63, 3.8) is 0 Å². The minimum Gasteiger partial charge on any atom is -0.491 e. The van der Waals surface area contributed by atoms with E-state index in [1.165, 1.54) is 7.11 Å². The summed E-state index contributed by atoms with van der Waals surface area (Å²) in [5, 5.41) is 1.73. The van der Waals surface area contributed by atoms with Gasteiger partial charge in [0.25, 0.3) is 0 Å². The Labute approximate surface area is 141 Å². The van der Waals surface area contributed by atoms with E-state index in [1.54, 1.807) is 0 Å². The number of fused-ring (bicyclic) bond motifs is 1. The minimum atomic E-state index is -0.437. The van der Waals surface area contributed by atoms with Crippen LogP contribution in [-0.4, -0.2) is 24.2 Å². The molecule has 24 heavy (non-hydrogen) atoms. The molecule has 0 N–H and O–H groups in total. The third-order valence-electron chi connectivity index (χ3n) is 3.64. The average Bonchev–Trinajstić information content (AvgIpc) is 2.60. The van der Waals surface area contributed by atoms with Gasteiger partial charge in [0.15, 0.2) is 5.69 Å². The summed E-state index contributed by atoms with van der Waals surface area (Å²) in [6.45, 7) is 3.98. The smallest absolute Gasteiger partial charge is 0.357 e. The fourth-order valence-electron chi connectivity index (χ4n) is 2.58. The Morgan fingerprint density at radius 3 is 2.42 bits per heavy atom. The van der Waals surface area contributed by atoms with Crippen molar-refractivity contribution >= 4 is 16.7 Å². The molecule has 0 fully saturated rings. The molecule has 0 amide bonds. The zero-order chi connectivity index (χ0) is 17.1. The zero-order valence-electron chi connectivity index (χ0n) is 13.9. The normalized spacial score (nSPS) is 10.8. The first kappa shape index (κ1) is 16.0. The molecule has 122 valence electrons. The Kier molecular flexibility index (Phi) is 4.47. The molecule has 3 rings (SSSR count). The van der Waals surface area contributed by atoms with Gasteiger partial charge in [0.2, 0.25) is 0 Å². The van der Waals surface area contributed by atoms with E-state index >= 15 is 0 Å². The second kappa shape index (κ2) is 6.71. The molecule has 3 aromatic rings. The molecule has 1 heterocycles. The average molecular weight is 321 g/mol. The van der Waals surface area contributed by atoms with Crippen molar-refractivity contribution in [1.82, 2.24) is 4.98 Å². The Morgan fingerprint density at radius 1 is 1.04 bits per heavy atom. The first-order valence-electron chi connectivity index (χ1n) is 7.83. The largest absolute Gasteiger partial charge is 0.491 e. The molecule has 2 aromatic carbocycles. The maximum absolute atomic E-state index is 12.1. The number of benzene rings is 2. The molecule has 1 aromatic heterocycles. The van der Waals surface area contributed by atoms with Gasteiger partial charge >= 0.3 is 5.97 Å². The van der Waals surface area contributed by atoms with Crippen LogP contribution in [-0.2, 0) is 4.74 Å². The van der Waals surface area contributed by atoms with Gasteiger partial charge < -0.3 is 9.47 Å². The summed E-state index contributed by atoms with van der Waals surface area (Å²) in [5.41, 5.74) is 1.97. The van der Waals surface area contributed by atoms with Crippen LogP contribution in [0, 0.1) is 0 Å². The van der Waals surface area contributed by atoms with E-state index in [0.29, 0.717) is 5.69 Å². The maximum atomic E-state index is 12.1. The summed E-state index contributed by atoms with van der Waals surface area (Å²) in [6.07, 6.45) is 0.126. The van der Waals surface area contributed by atoms with Crippen LogP contribution in [0.1, 0.15) is 24.3 Å². The second-order valence-electron chi connectivity index (χ2n) is 5.76. The molecule has 0 aliphatic heterocycles. The van der Waals surface area contributed by atoms with Crippen LogP contribution in [0.15, 0.2) is 54.6 Å². The van der Waals surface area contributed by atoms with Crippen molar-refractivity contribution in [3.8, 4) is 17.0 Å². The summed E-state index contributed by atoms with van der Waals surface area (Å²) in [6, 6.07) is 17.3. The summed E-state index contributed by atoms with van der Waals surface area (Å²) in [5.74, 6) is 0.371. The van der Waals surface area contributed by atoms with Gasteiger partial charge in [-0.1, -0.05) is 24.3 Å². The molecule has 0 bridgehead atoms. The van der Waals surface area contributed by atoms with Gasteiger partial charge in [-0.2, -0.15) is 0 Å². The number of hydrogen-bond donors (Lipinski definition) is 0. The van der Waals surface area contributed by atoms with Crippen molar-refractivity contribution in [3.05, 3.63) is 60.3 Å². The highest BCUT2D eigenvalue weighted by Crippen LogP contribution is 2.27. The van der Waals surface area contributed by atoms with Gasteiger partial charge in [-0.05, 0) is 49.6 Å². The van der Waals surface area contributed by atoms with Gasteiger partial charge in [0.1, 0.15) is 5.75 Å². The van der Waals surface area contributed by atoms with Gasteiger partial charge in [-0.25, -0.2) is 9.78 Å². The lowest BCUT2D eigenvalue weighted by Crippen LogP contribution is -2.06. The molecule has 0 saturated carbocycles. The molecular formula is C20H19NO3. The number of rotatable bonds is 4. The highest BCUT2D eigenvalue weighted by atomic mass is 16.5. The summed E-state index contributed by atoms with van der Waals surface area (Å²) < 4.78 is 10.5. The van der Waals surface area contributed by atoms with E-state index in [4.69, 9.17) is 9.47 Å². The van der Waals surface area contributed by atoms with Crippen LogP contribution in [0.5, 0.6) is 5.75 Å². The third kappa shape index (κ3) is 3.23. The van der Waals surface area contributed by atoms with E-state index in [1.807, 2.05) is 68.4 Å². The van der Waals surface area contributed by atoms with Gasteiger partial charge in [0, 0.05) is 10.9 Å². The van der Waals surface area contributed by atoms with Crippen molar-refractivity contribution in [1.29, 1.82) is 0 Å². The molecule has 0 saturated heterocycles. The number of ether oxygens (including phenoxy) is 2. The standard InChI is InChI=1S/C20H19NO3/c1-13(2)24-16-10-8-14(9-11-16)18-12-15-6-4-5-7-17(15)19(21-18)20(22)23-3/h4-13H,1-3H3. The van der Waals surface area contributed by atoms with Crippen molar-refractivity contribution < 1.29 is 14.3 Å². The number of pyridine rings is 1. The molecular weight excluding hydrogens is 302 g/mol. The second-order valence-corrected chi connectivity index (χ2v) is 5.76. The summed E-state index contributed by atoms with van der Waals surface area (Å²) >= 11 is 0. The summed E-state index contributed by atoms with van der Waals surface area (Å²) in [7, 11) is 1.36. The Morgan fingerprint density at radius 2 is 1.75 bits per heavy atom. The first-order chi connectivity index (χ1) is 11.6. The fraction of sp³-hybridized carbons (Fsp3) is 0.200. The number of carbonyl (C=O) groups excluding carboxylic acids is 1. The predicted molar refractivity (Wildman–Crippen MR) is 94.3 cm³/mol. The lowest BCUT2D eigenvalue weighted by Gasteiger charge is -2.11. The molecule has 0 aliphatic rings. The van der Waals surface area contributed by atoms with E-state index < -0.39 is 5.97 Å². The van der Waals surface area contributed by atoms with E-state index in [-0.39, 0.29) is 6.10 Å². The quantitative estimate of drug-likeness (QED) is 0.665. The van der Waals surface area contributed by atoms with Crippen LogP contribution >= 0.6 is 0 Å². The molecule has 0 atom stereocenters. The lowest BCUT2D eigenvalue weighted by atomic mass is 10.0. The lowest BCUT2D eigenvalue weighted by molar-refractivity contribution is 0.0596. The Bertz CT molecular complexity index is 870. The predicted octanol–water partition coefficient (Wildman–Crippen LogP) is 4.48. The van der Waals surface area contributed by atoms with E-state index in [0.717, 1.165) is 27.8 Å². The number of esters is 1. The number of methoxy groups -OCH3 is 1. The Hall–Kier alpha value is -2.88. The molecule has 0 aliphatic carbocycles. The Balaban J connectivity index is 2.07. The highest BCUT2D eigenvalue weighted by molar-refractivity contribution is 6.03. The monoisotopic (exact) mass is 321 g/mol. The highest BCUT2D eigenvalue weighted by Gasteiger charge is 2.14. The van der Waals surface area contributed by atoms with Crippen LogP contribution in [0.4, 0.5) is 0 Å². The molecule has 4 nitrogen and oxygen atoms in total. The first-order valence-corrected chi connectivity index (χ1v) is 7.83. The number of nitrogens with zero attached hydrogens (tertiary/aromatic N) is 1. The molecule has 4 heteroatoms. The van der Waals surface area contributed by atoms with Crippen LogP contribution < -0.4 is 4.74 Å². The summed E-state index contributed by atoms with van der Waals surface area (Å²) in [4.78, 5) is 16.6. The van der Waals surface area contributed by atoms with Gasteiger partial charge in [-0.15, -0.1) is 0 Å². The fourth-order valence-corrected chi connectivity index (χ4v) is 2.58. The number of aromatic nitrogens is 1. The topological polar surface area (TPSA) is 48.4 Å². The molecule has 0 unspecified atom stereocenters. The number of hydrogen-bond acceptors (Lipinski definition) is 4. The van der Waals surface area contributed by atoms with E-state index in [2.05, 4.69) is 4.98 Å². The third-order valence-corrected chi connectivity index (χ3v) is 3.64. The SMILES string of the molecule is COC(=O)c1nc(-c2ccc(OC(C)C)cc2)cc2ccccc12. The van der Waals surface area contributed by atoms with Crippen molar-refractivity contribution in [2.45, 2.75) is 20.0 Å².